The number of nitrogens with zero attached hydrogens (tertiary/aromatic N) is 2. The molecule has 0 aliphatic carbocycles. The third kappa shape index (κ3) is 3.35. The van der Waals surface area contributed by atoms with E-state index in [1.807, 2.05) is 0 Å². The summed E-state index contributed by atoms with van der Waals surface area (Å²) in [6, 6.07) is 7.91. The van der Waals surface area contributed by atoms with Gasteiger partial charge in [-0.3, -0.25) is 0 Å². The quantitative estimate of drug-likeness (QED) is 0.327. The van der Waals surface area contributed by atoms with Gasteiger partial charge in [0.1, 0.15) is 11.3 Å². The van der Waals surface area contributed by atoms with Crippen LogP contribution in [0.2, 0.25) is 0 Å². The molecule has 0 bridgehead atoms. The molecule has 1 aromatic heterocycles. The number of fused-ring (bicyclic) bond motifs is 1. The second-order valence-corrected chi connectivity index (χ2v) is 7.98. The van der Waals surface area contributed by atoms with E-state index in [1.54, 1.807) is 18.2 Å². The lowest BCUT2D eigenvalue weighted by atomic mass is 10.2. The number of sulfonamides is 1. The van der Waals surface area contributed by atoms with Gasteiger partial charge < -0.3 is 20.3 Å². The highest BCUT2D eigenvalue weighted by Gasteiger charge is 2.19. The fraction of sp³-hybridized carbons (Fsp3) is 0. The SMILES string of the molecule is O=C(O)c1cc(S(=O)(=O)N=Nc2c(O)[nH]c3ccc(I)cc23)ccc1O. The lowest BCUT2D eigenvalue weighted by Crippen LogP contribution is -2.01. The highest BCUT2D eigenvalue weighted by Crippen LogP contribution is 2.36. The Labute approximate surface area is 160 Å². The van der Waals surface area contributed by atoms with Crippen LogP contribution in [-0.4, -0.2) is 34.7 Å². The molecule has 9 nitrogen and oxygen atoms in total. The molecule has 0 fully saturated rings. The smallest absolute Gasteiger partial charge is 0.339 e. The number of carboxylic acid groups (broad SMARTS) is 1. The van der Waals surface area contributed by atoms with Crippen LogP contribution in [0.3, 0.4) is 0 Å². The first-order valence-corrected chi connectivity index (χ1v) is 9.45. The lowest BCUT2D eigenvalue weighted by Gasteiger charge is -2.02. The number of hydrogen-bond acceptors (Lipinski definition) is 6. The number of rotatable bonds is 4. The van der Waals surface area contributed by atoms with Crippen LogP contribution in [0.1, 0.15) is 10.4 Å². The average molecular weight is 487 g/mol. The standard InChI is InChI=1S/C15H10IN3O6S/c16-7-1-3-11-9(5-7)13(14(21)17-11)18-19-26(24,25)8-2-4-12(20)10(6-8)15(22)23/h1-6,17,20-21H,(H,22,23). The Bertz CT molecular complexity index is 1170. The monoisotopic (exact) mass is 487 g/mol. The van der Waals surface area contributed by atoms with Crippen LogP contribution < -0.4 is 0 Å². The Morgan fingerprint density at radius 2 is 1.85 bits per heavy atom. The topological polar surface area (TPSA) is 152 Å². The van der Waals surface area contributed by atoms with Crippen molar-refractivity contribution in [3.63, 3.8) is 0 Å². The number of carboxylic acids is 1. The van der Waals surface area contributed by atoms with Crippen molar-refractivity contribution in [3.05, 3.63) is 45.5 Å². The zero-order valence-corrected chi connectivity index (χ0v) is 15.7. The summed E-state index contributed by atoms with van der Waals surface area (Å²) in [5.41, 5.74) is -0.0860. The van der Waals surface area contributed by atoms with Crippen molar-refractivity contribution in [2.45, 2.75) is 4.90 Å². The van der Waals surface area contributed by atoms with Gasteiger partial charge in [-0.1, -0.05) is 4.52 Å². The maximum atomic E-state index is 12.3. The number of aromatic hydroxyl groups is 2. The number of carbonyl (C=O) groups is 1. The van der Waals surface area contributed by atoms with E-state index in [4.69, 9.17) is 5.11 Å². The molecule has 0 spiro atoms. The van der Waals surface area contributed by atoms with Gasteiger partial charge in [0.25, 0.3) is 10.0 Å². The van der Waals surface area contributed by atoms with E-state index in [2.05, 4.69) is 37.2 Å². The van der Waals surface area contributed by atoms with Gasteiger partial charge in [-0.2, -0.15) is 8.42 Å². The number of aromatic carboxylic acids is 1. The van der Waals surface area contributed by atoms with Gasteiger partial charge in [0, 0.05) is 8.96 Å². The normalized spacial score (nSPS) is 12.0. The Morgan fingerprint density at radius 1 is 1.12 bits per heavy atom. The molecule has 3 aromatic rings. The van der Waals surface area contributed by atoms with Gasteiger partial charge in [0.05, 0.1) is 10.4 Å². The van der Waals surface area contributed by atoms with Crippen molar-refractivity contribution in [1.29, 1.82) is 0 Å². The number of benzene rings is 2. The average Bonchev–Trinajstić information content (AvgIpc) is 2.87. The highest BCUT2D eigenvalue weighted by atomic mass is 127. The maximum absolute atomic E-state index is 12.3. The number of H-pyrrole nitrogens is 1. The molecular weight excluding hydrogens is 477 g/mol. The largest absolute Gasteiger partial charge is 0.507 e. The van der Waals surface area contributed by atoms with E-state index in [9.17, 15) is 23.4 Å². The van der Waals surface area contributed by atoms with Crippen molar-refractivity contribution in [2.75, 3.05) is 0 Å². The third-order valence-corrected chi connectivity index (χ3v) is 5.28. The van der Waals surface area contributed by atoms with Gasteiger partial charge in [-0.05, 0) is 59.0 Å². The Morgan fingerprint density at radius 3 is 2.54 bits per heavy atom. The molecule has 0 radical (unpaired) electrons. The first-order chi connectivity index (χ1) is 12.2. The molecule has 2 aromatic carbocycles. The summed E-state index contributed by atoms with van der Waals surface area (Å²) in [6.07, 6.45) is 0. The number of nitrogens with one attached hydrogen (secondary N) is 1. The van der Waals surface area contributed by atoms with Gasteiger partial charge >= 0.3 is 5.97 Å². The number of halogens is 1. The van der Waals surface area contributed by atoms with E-state index < -0.39 is 32.2 Å². The van der Waals surface area contributed by atoms with Crippen molar-refractivity contribution in [2.24, 2.45) is 9.63 Å². The molecule has 0 aliphatic rings. The second kappa shape index (κ2) is 6.57. The van der Waals surface area contributed by atoms with Crippen LogP contribution >= 0.6 is 22.6 Å². The van der Waals surface area contributed by atoms with Gasteiger partial charge in [-0.25, -0.2) is 4.79 Å². The lowest BCUT2D eigenvalue weighted by molar-refractivity contribution is 0.0693. The van der Waals surface area contributed by atoms with Crippen LogP contribution in [0.25, 0.3) is 10.9 Å². The van der Waals surface area contributed by atoms with Gasteiger partial charge in [-0.15, -0.1) is 5.11 Å². The van der Waals surface area contributed by atoms with Crippen LogP contribution in [0, 0.1) is 3.57 Å². The fourth-order valence-corrected chi connectivity index (χ4v) is 3.51. The molecule has 0 atom stereocenters. The van der Waals surface area contributed by atoms with E-state index in [-0.39, 0.29) is 11.6 Å². The summed E-state index contributed by atoms with van der Waals surface area (Å²) in [5.74, 6) is -2.41. The Hall–Kier alpha value is -2.67. The third-order valence-electron chi connectivity index (χ3n) is 3.46. The second-order valence-electron chi connectivity index (χ2n) is 5.15. The summed E-state index contributed by atoms with van der Waals surface area (Å²) in [4.78, 5) is 13.2. The molecule has 11 heteroatoms. The van der Waals surface area contributed by atoms with Crippen molar-refractivity contribution in [3.8, 4) is 11.6 Å². The molecule has 0 aliphatic heterocycles. The van der Waals surface area contributed by atoms with E-state index in [0.717, 1.165) is 21.8 Å². The Kier molecular flexibility index (Phi) is 4.58. The molecule has 0 saturated heterocycles. The molecule has 3 rings (SSSR count). The minimum atomic E-state index is -4.35. The van der Waals surface area contributed by atoms with Crippen LogP contribution in [0.4, 0.5) is 5.69 Å². The summed E-state index contributed by atoms with van der Waals surface area (Å²) in [5, 5.41) is 32.5. The van der Waals surface area contributed by atoms with Crippen LogP contribution in [-0.2, 0) is 10.0 Å². The molecule has 26 heavy (non-hydrogen) atoms. The minimum Gasteiger partial charge on any atom is -0.507 e. The van der Waals surface area contributed by atoms with Crippen LogP contribution in [0.5, 0.6) is 11.6 Å². The van der Waals surface area contributed by atoms with Gasteiger partial charge in [0.15, 0.2) is 5.69 Å². The zero-order valence-electron chi connectivity index (χ0n) is 12.7. The number of aromatic amines is 1. The zero-order chi connectivity index (χ0) is 19.1. The molecule has 134 valence electrons. The van der Waals surface area contributed by atoms with Crippen molar-refractivity contribution < 1.29 is 28.5 Å². The predicted octanol–water partition coefficient (Wildman–Crippen LogP) is 3.35. The number of phenols is 1. The van der Waals surface area contributed by atoms with Crippen molar-refractivity contribution >= 4 is 55.2 Å². The number of hydrogen-bond donors (Lipinski definition) is 4. The molecule has 4 N–H and O–H groups in total. The fourth-order valence-electron chi connectivity index (χ4n) is 2.23. The van der Waals surface area contributed by atoms with E-state index >= 15 is 0 Å². The predicted molar refractivity (Wildman–Crippen MR) is 99.4 cm³/mol. The first kappa shape index (κ1) is 18.1. The molecular formula is C15H10IN3O6S. The Balaban J connectivity index is 2.06. The van der Waals surface area contributed by atoms with E-state index in [0.29, 0.717) is 10.9 Å². The van der Waals surface area contributed by atoms with E-state index in [1.165, 1.54) is 0 Å². The molecule has 1 heterocycles. The highest BCUT2D eigenvalue weighted by molar-refractivity contribution is 14.1. The summed E-state index contributed by atoms with van der Waals surface area (Å²) in [6.45, 7) is 0. The molecule has 0 amide bonds. The summed E-state index contributed by atoms with van der Waals surface area (Å²) < 4.78 is 28.7. The minimum absolute atomic E-state index is 0.0562. The maximum Gasteiger partial charge on any atom is 0.339 e. The molecule has 0 unspecified atom stereocenters. The number of aromatic nitrogens is 1. The first-order valence-electron chi connectivity index (χ1n) is 6.93. The summed E-state index contributed by atoms with van der Waals surface area (Å²) >= 11 is 2.06. The van der Waals surface area contributed by atoms with Crippen molar-refractivity contribution in [1.82, 2.24) is 4.98 Å². The van der Waals surface area contributed by atoms with Gasteiger partial charge in [0.2, 0.25) is 5.88 Å². The summed E-state index contributed by atoms with van der Waals surface area (Å²) in [7, 11) is -4.35. The van der Waals surface area contributed by atoms with Crippen LogP contribution in [0.15, 0.2) is 50.9 Å². The molecule has 0 saturated carbocycles.